The standard InChI is InChI=1S/C10H7Br2N3/c11-7-2-1-3-8(4-7)15-10-9(12)5-13-6-14-10/h1-6H,(H,13,14,15). The Morgan fingerprint density at radius 2 is 2.07 bits per heavy atom. The molecule has 2 aromatic rings. The minimum atomic E-state index is 0.753. The molecule has 0 amide bonds. The van der Waals surface area contributed by atoms with Crippen LogP contribution in [0.15, 0.2) is 45.7 Å². The fourth-order valence-corrected chi connectivity index (χ4v) is 1.83. The summed E-state index contributed by atoms with van der Waals surface area (Å²) in [6, 6.07) is 7.88. The van der Waals surface area contributed by atoms with Crippen LogP contribution in [-0.4, -0.2) is 9.97 Å². The van der Waals surface area contributed by atoms with E-state index in [4.69, 9.17) is 0 Å². The van der Waals surface area contributed by atoms with Crippen LogP contribution in [0.3, 0.4) is 0 Å². The third-order valence-electron chi connectivity index (χ3n) is 1.75. The highest BCUT2D eigenvalue weighted by atomic mass is 79.9. The topological polar surface area (TPSA) is 37.8 Å². The molecule has 0 atom stereocenters. The van der Waals surface area contributed by atoms with Gasteiger partial charge < -0.3 is 5.32 Å². The molecule has 1 N–H and O–H groups in total. The summed E-state index contributed by atoms with van der Waals surface area (Å²) in [6.07, 6.45) is 3.21. The molecule has 15 heavy (non-hydrogen) atoms. The van der Waals surface area contributed by atoms with E-state index < -0.39 is 0 Å². The van der Waals surface area contributed by atoms with Crippen molar-refractivity contribution in [2.45, 2.75) is 0 Å². The van der Waals surface area contributed by atoms with Gasteiger partial charge in [0.2, 0.25) is 0 Å². The minimum Gasteiger partial charge on any atom is -0.339 e. The molecule has 0 saturated carbocycles. The van der Waals surface area contributed by atoms with Crippen molar-refractivity contribution < 1.29 is 0 Å². The van der Waals surface area contributed by atoms with Crippen LogP contribution in [0.5, 0.6) is 0 Å². The fraction of sp³-hybridized carbons (Fsp3) is 0. The number of hydrogen-bond acceptors (Lipinski definition) is 3. The Balaban J connectivity index is 2.26. The van der Waals surface area contributed by atoms with Gasteiger partial charge in [-0.1, -0.05) is 22.0 Å². The van der Waals surface area contributed by atoms with Crippen LogP contribution in [0.1, 0.15) is 0 Å². The quantitative estimate of drug-likeness (QED) is 0.912. The zero-order valence-corrected chi connectivity index (χ0v) is 10.8. The summed E-state index contributed by atoms with van der Waals surface area (Å²) in [6.45, 7) is 0. The van der Waals surface area contributed by atoms with Crippen LogP contribution in [0.25, 0.3) is 0 Å². The molecular formula is C10H7Br2N3. The van der Waals surface area contributed by atoms with Crippen LogP contribution in [0, 0.1) is 0 Å². The van der Waals surface area contributed by atoms with E-state index in [2.05, 4.69) is 47.1 Å². The smallest absolute Gasteiger partial charge is 0.148 e. The van der Waals surface area contributed by atoms with Crippen molar-refractivity contribution in [1.82, 2.24) is 9.97 Å². The van der Waals surface area contributed by atoms with E-state index in [-0.39, 0.29) is 0 Å². The molecule has 1 aromatic carbocycles. The maximum absolute atomic E-state index is 4.12. The average Bonchev–Trinajstić information content (AvgIpc) is 2.22. The summed E-state index contributed by atoms with van der Waals surface area (Å²) in [5, 5.41) is 3.19. The zero-order chi connectivity index (χ0) is 10.7. The minimum absolute atomic E-state index is 0.753. The zero-order valence-electron chi connectivity index (χ0n) is 7.61. The first-order valence-corrected chi connectivity index (χ1v) is 5.82. The third kappa shape index (κ3) is 2.76. The van der Waals surface area contributed by atoms with Crippen LogP contribution >= 0.6 is 31.9 Å². The van der Waals surface area contributed by atoms with Gasteiger partial charge in [-0.2, -0.15) is 0 Å². The molecule has 1 aromatic heterocycles. The van der Waals surface area contributed by atoms with Gasteiger partial charge in [0.25, 0.3) is 0 Å². The summed E-state index contributed by atoms with van der Waals surface area (Å²) < 4.78 is 1.86. The van der Waals surface area contributed by atoms with Crippen LogP contribution < -0.4 is 5.32 Å². The molecule has 1 heterocycles. The lowest BCUT2D eigenvalue weighted by Crippen LogP contribution is -1.94. The van der Waals surface area contributed by atoms with Gasteiger partial charge in [-0.3, -0.25) is 0 Å². The molecule has 0 bridgehead atoms. The second-order valence-corrected chi connectivity index (χ2v) is 4.62. The molecule has 5 heteroatoms. The predicted molar refractivity (Wildman–Crippen MR) is 67.2 cm³/mol. The monoisotopic (exact) mass is 327 g/mol. The highest BCUT2D eigenvalue weighted by molar-refractivity contribution is 9.10. The maximum Gasteiger partial charge on any atom is 0.148 e. The summed E-state index contributed by atoms with van der Waals surface area (Å²) in [4.78, 5) is 8.02. The fourth-order valence-electron chi connectivity index (χ4n) is 1.11. The van der Waals surface area contributed by atoms with Crippen molar-refractivity contribution >= 4 is 43.4 Å². The molecule has 3 nitrogen and oxygen atoms in total. The highest BCUT2D eigenvalue weighted by Gasteiger charge is 2.00. The summed E-state index contributed by atoms with van der Waals surface area (Å²) >= 11 is 6.78. The van der Waals surface area contributed by atoms with Gasteiger partial charge in [-0.15, -0.1) is 0 Å². The number of benzene rings is 1. The van der Waals surface area contributed by atoms with Crippen molar-refractivity contribution in [2.24, 2.45) is 0 Å². The molecule has 0 aliphatic carbocycles. The number of nitrogens with one attached hydrogen (secondary N) is 1. The van der Waals surface area contributed by atoms with Gasteiger partial charge in [0.05, 0.1) is 4.47 Å². The highest BCUT2D eigenvalue weighted by Crippen LogP contribution is 2.23. The lowest BCUT2D eigenvalue weighted by atomic mass is 10.3. The Bertz CT molecular complexity index is 474. The molecule has 0 unspecified atom stereocenters. The summed E-state index contributed by atoms with van der Waals surface area (Å²) in [7, 11) is 0. The second-order valence-electron chi connectivity index (χ2n) is 2.85. The summed E-state index contributed by atoms with van der Waals surface area (Å²) in [5.41, 5.74) is 0.976. The Morgan fingerprint density at radius 3 is 2.80 bits per heavy atom. The molecule has 0 aliphatic rings. The Hall–Kier alpha value is -0.940. The molecular weight excluding hydrogens is 322 g/mol. The number of rotatable bonds is 2. The van der Waals surface area contributed by atoms with Crippen molar-refractivity contribution in [3.8, 4) is 0 Å². The SMILES string of the molecule is Brc1cccc(Nc2ncncc2Br)c1. The number of aromatic nitrogens is 2. The van der Waals surface area contributed by atoms with Crippen LogP contribution in [0.2, 0.25) is 0 Å². The average molecular weight is 329 g/mol. The first kappa shape index (κ1) is 10.6. The normalized spacial score (nSPS) is 10.0. The van der Waals surface area contributed by atoms with Crippen molar-refractivity contribution in [3.63, 3.8) is 0 Å². The Kier molecular flexibility index (Phi) is 3.33. The van der Waals surface area contributed by atoms with E-state index in [9.17, 15) is 0 Å². The van der Waals surface area contributed by atoms with Gasteiger partial charge in [0, 0.05) is 16.4 Å². The van der Waals surface area contributed by atoms with Crippen LogP contribution in [0.4, 0.5) is 11.5 Å². The van der Waals surface area contributed by atoms with Gasteiger partial charge >= 0.3 is 0 Å². The first-order chi connectivity index (χ1) is 7.25. The molecule has 0 spiro atoms. The van der Waals surface area contributed by atoms with E-state index in [0.717, 1.165) is 20.5 Å². The van der Waals surface area contributed by atoms with Gasteiger partial charge in [0.15, 0.2) is 0 Å². The second kappa shape index (κ2) is 4.72. The predicted octanol–water partition coefficient (Wildman–Crippen LogP) is 3.75. The van der Waals surface area contributed by atoms with Crippen molar-refractivity contribution in [3.05, 3.63) is 45.7 Å². The molecule has 76 valence electrons. The van der Waals surface area contributed by atoms with Gasteiger partial charge in [0.1, 0.15) is 12.1 Å². The third-order valence-corrected chi connectivity index (χ3v) is 2.83. The molecule has 0 fully saturated rings. The molecule has 0 radical (unpaired) electrons. The summed E-state index contributed by atoms with van der Waals surface area (Å²) in [5.74, 6) is 0.753. The number of halogens is 2. The number of hydrogen-bond donors (Lipinski definition) is 1. The molecule has 2 rings (SSSR count). The van der Waals surface area contributed by atoms with E-state index in [1.807, 2.05) is 24.3 Å². The van der Waals surface area contributed by atoms with E-state index in [0.29, 0.717) is 0 Å². The molecule has 0 aliphatic heterocycles. The Morgan fingerprint density at radius 1 is 1.20 bits per heavy atom. The lowest BCUT2D eigenvalue weighted by Gasteiger charge is -2.06. The number of nitrogens with zero attached hydrogens (tertiary/aromatic N) is 2. The lowest BCUT2D eigenvalue weighted by molar-refractivity contribution is 1.15. The largest absolute Gasteiger partial charge is 0.339 e. The van der Waals surface area contributed by atoms with Crippen LogP contribution in [-0.2, 0) is 0 Å². The maximum atomic E-state index is 4.12. The van der Waals surface area contributed by atoms with Crippen molar-refractivity contribution in [2.75, 3.05) is 5.32 Å². The Labute approximate surface area is 104 Å². The van der Waals surface area contributed by atoms with E-state index in [1.165, 1.54) is 6.33 Å². The number of anilines is 2. The van der Waals surface area contributed by atoms with Gasteiger partial charge in [-0.25, -0.2) is 9.97 Å². The van der Waals surface area contributed by atoms with E-state index >= 15 is 0 Å². The van der Waals surface area contributed by atoms with Gasteiger partial charge in [-0.05, 0) is 34.1 Å². The van der Waals surface area contributed by atoms with Crippen molar-refractivity contribution in [1.29, 1.82) is 0 Å². The van der Waals surface area contributed by atoms with E-state index in [1.54, 1.807) is 6.20 Å². The molecule has 0 saturated heterocycles. The first-order valence-electron chi connectivity index (χ1n) is 4.24.